The molecule has 1 aliphatic rings. The Morgan fingerprint density at radius 2 is 1.90 bits per heavy atom. The third kappa shape index (κ3) is 8.34. The highest BCUT2D eigenvalue weighted by Gasteiger charge is 2.29. The summed E-state index contributed by atoms with van der Waals surface area (Å²) >= 11 is 0. The van der Waals surface area contributed by atoms with Gasteiger partial charge in [-0.2, -0.15) is 0 Å². The Labute approximate surface area is 200 Å². The smallest absolute Gasteiger partial charge is 0.191 e. The highest BCUT2D eigenvalue weighted by Crippen LogP contribution is 2.20. The summed E-state index contributed by atoms with van der Waals surface area (Å²) in [6.07, 6.45) is 2.08. The normalized spacial score (nSPS) is 21.0. The van der Waals surface area contributed by atoms with E-state index >= 15 is 0 Å². The summed E-state index contributed by atoms with van der Waals surface area (Å²) in [4.78, 5) is 7.04. The second-order valence-electron chi connectivity index (χ2n) is 8.86. The van der Waals surface area contributed by atoms with E-state index in [0.717, 1.165) is 32.5 Å². The molecule has 1 fully saturated rings. The van der Waals surface area contributed by atoms with E-state index in [1.165, 1.54) is 5.56 Å². The van der Waals surface area contributed by atoms with Crippen molar-refractivity contribution in [3.8, 4) is 0 Å². The van der Waals surface area contributed by atoms with Crippen LogP contribution in [0.1, 0.15) is 53.0 Å². The van der Waals surface area contributed by atoms with Crippen LogP contribution in [0.5, 0.6) is 0 Å². The highest BCUT2D eigenvalue weighted by molar-refractivity contribution is 14.0. The molecule has 0 saturated carbocycles. The first-order valence-corrected chi connectivity index (χ1v) is 12.3. The molecule has 1 aromatic carbocycles. The monoisotopic (exact) mass is 550 g/mol. The number of rotatable bonds is 7. The molecule has 0 aromatic heterocycles. The fourth-order valence-corrected chi connectivity index (χ4v) is 4.45. The molecule has 6 nitrogen and oxygen atoms in total. The zero-order valence-electron chi connectivity index (χ0n) is 19.0. The molecular weight excluding hydrogens is 511 g/mol. The lowest BCUT2D eigenvalue weighted by molar-refractivity contribution is 0.134. The van der Waals surface area contributed by atoms with E-state index in [0.29, 0.717) is 18.0 Å². The number of aliphatic imine (C=N–C) groups is 1. The van der Waals surface area contributed by atoms with Gasteiger partial charge in [-0.3, -0.25) is 9.89 Å². The first-order chi connectivity index (χ1) is 13.6. The van der Waals surface area contributed by atoms with E-state index in [2.05, 4.69) is 57.8 Å². The van der Waals surface area contributed by atoms with Crippen LogP contribution in [0.2, 0.25) is 0 Å². The molecule has 0 amide bonds. The van der Waals surface area contributed by atoms with Gasteiger partial charge in [0.2, 0.25) is 0 Å². The molecule has 0 bridgehead atoms. The number of nitrogens with zero attached hydrogens (tertiary/aromatic N) is 2. The second-order valence-corrected chi connectivity index (χ2v) is 11.7. The molecule has 2 rings (SSSR count). The molecule has 8 heteroatoms. The van der Waals surface area contributed by atoms with Crippen LogP contribution in [0, 0.1) is 0 Å². The lowest BCUT2D eigenvalue weighted by Crippen LogP contribution is -2.51. The van der Waals surface area contributed by atoms with Crippen LogP contribution >= 0.6 is 24.0 Å². The van der Waals surface area contributed by atoms with Crippen molar-refractivity contribution >= 4 is 39.8 Å². The Hall–Kier alpha value is -0.870. The average molecular weight is 551 g/mol. The van der Waals surface area contributed by atoms with Crippen molar-refractivity contribution in [2.45, 2.75) is 70.8 Å². The molecule has 1 aromatic rings. The molecule has 1 aliphatic heterocycles. The molecular formula is C22H39IN4O2S. The summed E-state index contributed by atoms with van der Waals surface area (Å²) in [6.45, 7) is 12.5. The summed E-state index contributed by atoms with van der Waals surface area (Å²) in [6, 6.07) is 11.4. The number of hydrogen-bond donors (Lipinski definition) is 2. The lowest BCUT2D eigenvalue weighted by atomic mass is 9.97. The van der Waals surface area contributed by atoms with Crippen LogP contribution in [0.25, 0.3) is 0 Å². The van der Waals surface area contributed by atoms with Gasteiger partial charge in [0, 0.05) is 31.7 Å². The number of hydrogen-bond acceptors (Lipinski definition) is 4. The van der Waals surface area contributed by atoms with Gasteiger partial charge in [-0.15, -0.1) is 24.0 Å². The van der Waals surface area contributed by atoms with E-state index in [4.69, 9.17) is 0 Å². The molecule has 2 unspecified atom stereocenters. The second kappa shape index (κ2) is 12.2. The summed E-state index contributed by atoms with van der Waals surface area (Å²) in [7, 11) is -3.16. The maximum atomic E-state index is 12.3. The SMILES string of the molecule is CCNC(=NCCS(=O)(=O)C(C)(C)C)NC1CCN(Cc2ccccc2)C(C)C1.I. The topological polar surface area (TPSA) is 73.8 Å². The van der Waals surface area contributed by atoms with E-state index in [1.54, 1.807) is 20.8 Å². The number of nitrogens with one attached hydrogen (secondary N) is 2. The third-order valence-corrected chi connectivity index (χ3v) is 8.08. The minimum Gasteiger partial charge on any atom is -0.357 e. The maximum Gasteiger partial charge on any atom is 0.191 e. The third-order valence-electron chi connectivity index (χ3n) is 5.49. The van der Waals surface area contributed by atoms with E-state index in [9.17, 15) is 8.42 Å². The molecule has 2 atom stereocenters. The number of guanidine groups is 1. The van der Waals surface area contributed by atoms with Crippen molar-refractivity contribution < 1.29 is 8.42 Å². The van der Waals surface area contributed by atoms with Gasteiger partial charge in [0.15, 0.2) is 15.8 Å². The van der Waals surface area contributed by atoms with Crippen molar-refractivity contribution in [1.29, 1.82) is 0 Å². The van der Waals surface area contributed by atoms with Gasteiger partial charge in [0.1, 0.15) is 0 Å². The maximum absolute atomic E-state index is 12.3. The van der Waals surface area contributed by atoms with Gasteiger partial charge in [-0.25, -0.2) is 8.42 Å². The van der Waals surface area contributed by atoms with Crippen LogP contribution < -0.4 is 10.6 Å². The number of benzene rings is 1. The van der Waals surface area contributed by atoms with E-state index < -0.39 is 14.6 Å². The summed E-state index contributed by atoms with van der Waals surface area (Å²) in [5.41, 5.74) is 1.35. The van der Waals surface area contributed by atoms with Gasteiger partial charge >= 0.3 is 0 Å². The number of likely N-dealkylation sites (tertiary alicyclic amines) is 1. The fraction of sp³-hybridized carbons (Fsp3) is 0.682. The van der Waals surface area contributed by atoms with Crippen LogP contribution in [-0.4, -0.2) is 61.5 Å². The van der Waals surface area contributed by atoms with Gasteiger partial charge in [0.25, 0.3) is 0 Å². The van der Waals surface area contributed by atoms with Crippen LogP contribution in [0.15, 0.2) is 35.3 Å². The standard InChI is InChI=1S/C22H38N4O2S.HI/c1-6-23-21(24-13-15-29(27,28)22(3,4)5)25-20-12-14-26(18(2)16-20)17-19-10-8-7-9-11-19;/h7-11,18,20H,6,12-17H2,1-5H3,(H2,23,24,25);1H. The Bertz CT molecular complexity index is 763. The van der Waals surface area contributed by atoms with E-state index in [1.807, 2.05) is 6.92 Å². The number of halogens is 1. The molecule has 0 aliphatic carbocycles. The fourth-order valence-electron chi connectivity index (χ4n) is 3.50. The Morgan fingerprint density at radius 1 is 1.23 bits per heavy atom. The summed E-state index contributed by atoms with van der Waals surface area (Å²) < 4.78 is 23.8. The zero-order valence-corrected chi connectivity index (χ0v) is 22.2. The van der Waals surface area contributed by atoms with Crippen molar-refractivity contribution in [1.82, 2.24) is 15.5 Å². The molecule has 2 N–H and O–H groups in total. The minimum absolute atomic E-state index is 0. The minimum atomic E-state index is -3.16. The lowest BCUT2D eigenvalue weighted by Gasteiger charge is -2.38. The number of piperidine rings is 1. The van der Waals surface area contributed by atoms with Crippen molar-refractivity contribution in [2.75, 3.05) is 25.4 Å². The van der Waals surface area contributed by atoms with Gasteiger partial charge in [-0.1, -0.05) is 30.3 Å². The van der Waals surface area contributed by atoms with Gasteiger partial charge in [-0.05, 0) is 53.0 Å². The molecule has 1 saturated heterocycles. The predicted molar refractivity (Wildman–Crippen MR) is 137 cm³/mol. The Kier molecular flexibility index (Phi) is 11.1. The molecule has 30 heavy (non-hydrogen) atoms. The van der Waals surface area contributed by atoms with Crippen LogP contribution in [-0.2, 0) is 16.4 Å². The average Bonchev–Trinajstić information content (AvgIpc) is 2.64. The van der Waals surface area contributed by atoms with Crippen molar-refractivity contribution in [3.05, 3.63) is 35.9 Å². The largest absolute Gasteiger partial charge is 0.357 e. The van der Waals surface area contributed by atoms with Gasteiger partial charge in [0.05, 0.1) is 17.0 Å². The summed E-state index contributed by atoms with van der Waals surface area (Å²) in [5.74, 6) is 0.782. The van der Waals surface area contributed by atoms with Crippen molar-refractivity contribution in [3.63, 3.8) is 0 Å². The predicted octanol–water partition coefficient (Wildman–Crippen LogP) is 3.43. The molecule has 0 radical (unpaired) electrons. The quantitative estimate of drug-likeness (QED) is 0.309. The zero-order chi connectivity index (χ0) is 21.5. The van der Waals surface area contributed by atoms with Crippen LogP contribution in [0.3, 0.4) is 0 Å². The van der Waals surface area contributed by atoms with Gasteiger partial charge < -0.3 is 10.6 Å². The molecule has 172 valence electrons. The molecule has 1 heterocycles. The van der Waals surface area contributed by atoms with E-state index in [-0.39, 0.29) is 36.3 Å². The first-order valence-electron chi connectivity index (χ1n) is 10.7. The molecule has 0 spiro atoms. The van der Waals surface area contributed by atoms with Crippen LogP contribution in [0.4, 0.5) is 0 Å². The highest BCUT2D eigenvalue weighted by atomic mass is 127. The number of sulfone groups is 1. The Balaban J connectivity index is 0.00000450. The first kappa shape index (κ1) is 27.2. The summed E-state index contributed by atoms with van der Waals surface area (Å²) in [5, 5.41) is 6.77. The van der Waals surface area contributed by atoms with Crippen molar-refractivity contribution in [2.24, 2.45) is 4.99 Å². The Morgan fingerprint density at radius 3 is 2.47 bits per heavy atom.